The highest BCUT2D eigenvalue weighted by Crippen LogP contribution is 2.50. The fourth-order valence-electron chi connectivity index (χ4n) is 16.2. The molecular formula is C99H65BN6. The minimum atomic E-state index is -0.224. The molecule has 4 heterocycles. The van der Waals surface area contributed by atoms with E-state index in [-0.39, 0.29) is 6.71 Å². The van der Waals surface area contributed by atoms with Gasteiger partial charge in [0.1, 0.15) is 0 Å². The Bertz CT molecular complexity index is 5960. The Balaban J connectivity index is 0.872. The molecule has 0 saturated carbocycles. The summed E-state index contributed by atoms with van der Waals surface area (Å²) >= 11 is 0. The van der Waals surface area contributed by atoms with E-state index < -0.39 is 0 Å². The zero-order chi connectivity index (χ0) is 70.0. The lowest BCUT2D eigenvalue weighted by atomic mass is 9.33. The van der Waals surface area contributed by atoms with Crippen LogP contribution in [-0.4, -0.2) is 26.2 Å². The van der Waals surface area contributed by atoms with Crippen molar-refractivity contribution in [3.8, 4) is 118 Å². The lowest BCUT2D eigenvalue weighted by Crippen LogP contribution is -2.61. The van der Waals surface area contributed by atoms with E-state index in [2.05, 4.69) is 372 Å². The molecule has 0 bridgehead atoms. The monoisotopic (exact) mass is 1350 g/mol. The summed E-state index contributed by atoms with van der Waals surface area (Å²) in [6.45, 7) is -0.224. The molecule has 6 nitrogen and oxygen atoms in total. The second-order valence-electron chi connectivity index (χ2n) is 27.5. The Morgan fingerprint density at radius 2 is 0.528 bits per heavy atom. The number of fused-ring (bicyclic) bond motifs is 7. The number of hydrogen-bond donors (Lipinski definition) is 0. The lowest BCUT2D eigenvalue weighted by Gasteiger charge is -2.45. The molecule has 16 aromatic carbocycles. The molecule has 0 atom stereocenters. The van der Waals surface area contributed by atoms with Crippen LogP contribution in [0, 0.1) is 0 Å². The van der Waals surface area contributed by atoms with Gasteiger partial charge in [0.25, 0.3) is 6.71 Å². The van der Waals surface area contributed by atoms with Crippen molar-refractivity contribution in [2.75, 3.05) is 9.80 Å². The van der Waals surface area contributed by atoms with E-state index in [1.54, 1.807) is 0 Å². The minimum absolute atomic E-state index is 0.224. The molecule has 18 aromatic rings. The number of anilines is 6. The zero-order valence-corrected chi connectivity index (χ0v) is 57.8. The van der Waals surface area contributed by atoms with Crippen molar-refractivity contribution in [2.24, 2.45) is 0 Å². The smallest absolute Gasteiger partial charge is 0.252 e. The summed E-state index contributed by atoms with van der Waals surface area (Å²) in [4.78, 5) is 20.9. The van der Waals surface area contributed by atoms with Crippen LogP contribution in [0.3, 0.4) is 0 Å². The van der Waals surface area contributed by atoms with Gasteiger partial charge in [0.05, 0.1) is 16.7 Å². The first kappa shape index (κ1) is 61.8. The standard InChI is InChI=1S/C99H65BN6/c1-9-29-66(30-10-1)75-50-53-92-87(62-75)100-88-63-76(67-31-11-2-12-32-67)51-54-93(88)105(83-59-79(70-37-17-5-18-38-70)56-80(60-83)71-39-19-6-20-40-71)95-65-81(64-94(96(95)100)104(92)82-57-77(68-33-13-3-14-34-68)55-78(58-82)69-35-15-4-16-36-69)74-49-52-91-86(61-74)84-45-25-27-47-89(84)106(91)90-48-28-26-46-85(90)99-102-97(72-41-21-7-22-42-72)101-98(103-99)73-43-23-8-24-44-73/h1-65H. The predicted octanol–water partition coefficient (Wildman–Crippen LogP) is 23.7. The van der Waals surface area contributed by atoms with Crippen molar-refractivity contribution >= 4 is 79.0 Å². The fourth-order valence-corrected chi connectivity index (χ4v) is 16.2. The summed E-state index contributed by atoms with van der Waals surface area (Å²) in [6, 6.07) is 144. The van der Waals surface area contributed by atoms with Crippen LogP contribution in [0.5, 0.6) is 0 Å². The number of rotatable bonds is 13. The molecule has 2 aliphatic heterocycles. The number of nitrogens with zero attached hydrogens (tertiary/aromatic N) is 6. The molecule has 494 valence electrons. The molecule has 2 aromatic heterocycles. The maximum absolute atomic E-state index is 5.30. The summed E-state index contributed by atoms with van der Waals surface area (Å²) < 4.78 is 2.40. The number of hydrogen-bond acceptors (Lipinski definition) is 5. The van der Waals surface area contributed by atoms with E-state index in [0.717, 1.165) is 156 Å². The average molecular weight is 1350 g/mol. The largest absolute Gasteiger partial charge is 0.311 e. The number of para-hydroxylation sites is 2. The molecule has 0 saturated heterocycles. The molecule has 2 aliphatic rings. The average Bonchev–Trinajstić information content (AvgIpc) is 0.813. The first-order valence-corrected chi connectivity index (χ1v) is 36.2. The Labute approximate surface area is 616 Å². The minimum Gasteiger partial charge on any atom is -0.311 e. The molecule has 20 rings (SSSR count). The molecule has 0 radical (unpaired) electrons. The predicted molar refractivity (Wildman–Crippen MR) is 443 cm³/mol. The van der Waals surface area contributed by atoms with Crippen LogP contribution in [0.2, 0.25) is 0 Å². The second-order valence-corrected chi connectivity index (χ2v) is 27.5. The van der Waals surface area contributed by atoms with Gasteiger partial charge in [0, 0.05) is 61.6 Å². The Morgan fingerprint density at radius 1 is 0.198 bits per heavy atom. The Morgan fingerprint density at radius 3 is 0.962 bits per heavy atom. The molecule has 7 heteroatoms. The molecule has 0 spiro atoms. The van der Waals surface area contributed by atoms with Gasteiger partial charge in [-0.15, -0.1) is 0 Å². The molecular weight excluding hydrogens is 1280 g/mol. The van der Waals surface area contributed by atoms with Crippen molar-refractivity contribution in [3.05, 3.63) is 394 Å². The molecule has 0 amide bonds. The quantitative estimate of drug-likeness (QED) is 0.108. The zero-order valence-electron chi connectivity index (χ0n) is 57.8. The van der Waals surface area contributed by atoms with Crippen molar-refractivity contribution < 1.29 is 0 Å². The van der Waals surface area contributed by atoms with Crippen LogP contribution in [0.1, 0.15) is 0 Å². The molecule has 0 aliphatic carbocycles. The van der Waals surface area contributed by atoms with Crippen molar-refractivity contribution in [1.29, 1.82) is 0 Å². The molecule has 0 fully saturated rings. The summed E-state index contributed by atoms with van der Waals surface area (Å²) in [7, 11) is 0. The highest BCUT2D eigenvalue weighted by Gasteiger charge is 2.44. The van der Waals surface area contributed by atoms with Crippen LogP contribution in [0.15, 0.2) is 394 Å². The van der Waals surface area contributed by atoms with E-state index >= 15 is 0 Å². The lowest BCUT2D eigenvalue weighted by molar-refractivity contribution is 1.06. The third-order valence-corrected chi connectivity index (χ3v) is 21.2. The molecule has 0 unspecified atom stereocenters. The second kappa shape index (κ2) is 26.1. The summed E-state index contributed by atoms with van der Waals surface area (Å²) in [6.07, 6.45) is 0. The third-order valence-electron chi connectivity index (χ3n) is 21.2. The van der Waals surface area contributed by atoms with E-state index in [0.29, 0.717) is 17.5 Å². The van der Waals surface area contributed by atoms with Gasteiger partial charge in [0.2, 0.25) is 0 Å². The van der Waals surface area contributed by atoms with Crippen LogP contribution in [-0.2, 0) is 0 Å². The summed E-state index contributed by atoms with van der Waals surface area (Å²) in [5.41, 5.74) is 31.9. The topological polar surface area (TPSA) is 50.1 Å². The molecule has 106 heavy (non-hydrogen) atoms. The SMILES string of the molecule is c1ccc(-c2cc(-c3ccccc3)cc(N3c4ccc(-c5ccccc5)cc4B4c5cc(-c6ccccc6)ccc5N(c5cc(-c6ccccc6)cc(-c6ccccc6)c5)c5cc(-c6ccc7c(c6)c6ccccc6n7-c6ccccc6-c6nc(-c7ccccc7)nc(-c7ccccc7)n6)cc3c54)c2)cc1. The van der Waals surface area contributed by atoms with Crippen LogP contribution >= 0.6 is 0 Å². The van der Waals surface area contributed by atoms with Gasteiger partial charge in [-0.25, -0.2) is 15.0 Å². The van der Waals surface area contributed by atoms with Crippen molar-refractivity contribution in [1.82, 2.24) is 19.5 Å². The van der Waals surface area contributed by atoms with E-state index in [9.17, 15) is 0 Å². The van der Waals surface area contributed by atoms with Crippen LogP contribution in [0.25, 0.3) is 140 Å². The van der Waals surface area contributed by atoms with Gasteiger partial charge in [-0.2, -0.15) is 0 Å². The van der Waals surface area contributed by atoms with Gasteiger partial charge in [-0.05, 0) is 185 Å². The fraction of sp³-hybridized carbons (Fsp3) is 0. The highest BCUT2D eigenvalue weighted by atomic mass is 15.2. The van der Waals surface area contributed by atoms with E-state index in [1.165, 1.54) is 16.4 Å². The highest BCUT2D eigenvalue weighted by molar-refractivity contribution is 7.00. The maximum atomic E-state index is 5.30. The maximum Gasteiger partial charge on any atom is 0.252 e. The number of benzene rings is 16. The van der Waals surface area contributed by atoms with Gasteiger partial charge in [-0.3, -0.25) is 0 Å². The van der Waals surface area contributed by atoms with Gasteiger partial charge < -0.3 is 14.4 Å². The van der Waals surface area contributed by atoms with Crippen LogP contribution in [0.4, 0.5) is 34.1 Å². The van der Waals surface area contributed by atoms with Crippen molar-refractivity contribution in [3.63, 3.8) is 0 Å². The van der Waals surface area contributed by atoms with E-state index in [1.807, 2.05) is 36.4 Å². The van der Waals surface area contributed by atoms with Gasteiger partial charge >= 0.3 is 0 Å². The van der Waals surface area contributed by atoms with Crippen LogP contribution < -0.4 is 26.2 Å². The van der Waals surface area contributed by atoms with Gasteiger partial charge in [-0.1, -0.05) is 303 Å². The number of aromatic nitrogens is 4. The Kier molecular flexibility index (Phi) is 15.2. The summed E-state index contributed by atoms with van der Waals surface area (Å²) in [5.74, 6) is 1.81. The van der Waals surface area contributed by atoms with Crippen molar-refractivity contribution in [2.45, 2.75) is 0 Å². The summed E-state index contributed by atoms with van der Waals surface area (Å²) in [5, 5.41) is 2.25. The molecule has 0 N–H and O–H groups in total. The third kappa shape index (κ3) is 11.0. The van der Waals surface area contributed by atoms with E-state index in [4.69, 9.17) is 15.0 Å². The van der Waals surface area contributed by atoms with Gasteiger partial charge in [0.15, 0.2) is 17.5 Å². The normalized spacial score (nSPS) is 12.1. The first-order valence-electron chi connectivity index (χ1n) is 36.2. The Hall–Kier alpha value is -14.0. The first-order chi connectivity index (χ1) is 52.5.